The molecule has 1 N–H and O–H groups in total. The summed E-state index contributed by atoms with van der Waals surface area (Å²) in [6, 6.07) is 2.49. The number of aromatic nitrogens is 2. The summed E-state index contributed by atoms with van der Waals surface area (Å²) in [4.78, 5) is 11.2. The Morgan fingerprint density at radius 3 is 2.79 bits per heavy atom. The van der Waals surface area contributed by atoms with Gasteiger partial charge >= 0.3 is 5.97 Å². The zero-order chi connectivity index (χ0) is 14.3. The molecule has 5 nitrogen and oxygen atoms in total. The molecule has 0 saturated heterocycles. The lowest BCUT2D eigenvalue weighted by molar-refractivity contribution is -0.139. The van der Waals surface area contributed by atoms with Gasteiger partial charge < -0.3 is 10.1 Å². The molecule has 0 amide bonds. The van der Waals surface area contributed by atoms with Crippen LogP contribution >= 0.6 is 22.6 Å². The number of alkyl halides is 1. The molecule has 1 aromatic rings. The lowest BCUT2D eigenvalue weighted by Crippen LogP contribution is -2.29. The molecule has 0 aliphatic rings. The van der Waals surface area contributed by atoms with Crippen LogP contribution in [0.4, 0.5) is 0 Å². The van der Waals surface area contributed by atoms with Gasteiger partial charge in [0.2, 0.25) is 0 Å². The van der Waals surface area contributed by atoms with Crippen LogP contribution in [0.25, 0.3) is 0 Å². The van der Waals surface area contributed by atoms with Gasteiger partial charge in [-0.2, -0.15) is 5.10 Å². The Morgan fingerprint density at radius 1 is 1.53 bits per heavy atom. The molecule has 1 atom stereocenters. The second-order valence-electron chi connectivity index (χ2n) is 4.38. The van der Waals surface area contributed by atoms with Gasteiger partial charge in [0, 0.05) is 19.3 Å². The molecule has 108 valence electrons. The van der Waals surface area contributed by atoms with Crippen LogP contribution in [0.5, 0.6) is 0 Å². The highest BCUT2D eigenvalue weighted by atomic mass is 127. The van der Waals surface area contributed by atoms with Crippen LogP contribution in [0.3, 0.4) is 0 Å². The maximum absolute atomic E-state index is 11.2. The van der Waals surface area contributed by atoms with E-state index in [1.165, 1.54) is 7.11 Å². The number of ether oxygens (including phenoxy) is 1. The van der Waals surface area contributed by atoms with E-state index < -0.39 is 0 Å². The third-order valence-electron chi connectivity index (χ3n) is 3.07. The van der Waals surface area contributed by atoms with Crippen LogP contribution in [0.2, 0.25) is 0 Å². The lowest BCUT2D eigenvalue weighted by Gasteiger charge is -2.12. The fraction of sp³-hybridized carbons (Fsp3) is 0.692. The van der Waals surface area contributed by atoms with E-state index in [9.17, 15) is 4.79 Å². The lowest BCUT2D eigenvalue weighted by atomic mass is 10.2. The number of carbonyl (C=O) groups is 1. The second-order valence-corrected chi connectivity index (χ2v) is 5.88. The number of halogens is 1. The molecular weight excluding hydrogens is 357 g/mol. The first-order valence-corrected chi connectivity index (χ1v) is 7.83. The molecule has 1 unspecified atom stereocenters. The van der Waals surface area contributed by atoms with Gasteiger partial charge in [-0.3, -0.25) is 9.48 Å². The number of hydrogen-bond acceptors (Lipinski definition) is 4. The van der Waals surface area contributed by atoms with Crippen molar-refractivity contribution in [3.8, 4) is 0 Å². The fourth-order valence-corrected chi connectivity index (χ4v) is 2.44. The van der Waals surface area contributed by atoms with Crippen molar-refractivity contribution in [1.82, 2.24) is 15.1 Å². The largest absolute Gasteiger partial charge is 0.468 e. The SMILES string of the molecule is CCC(CC)n1ccc(CNCC(I)C(=O)OC)n1. The van der Waals surface area contributed by atoms with Gasteiger partial charge in [0.15, 0.2) is 0 Å². The summed E-state index contributed by atoms with van der Waals surface area (Å²) in [6.45, 7) is 5.60. The molecule has 0 aliphatic carbocycles. The standard InChI is InChI=1S/C13H22IN3O2/c1-4-11(5-2)17-7-6-10(16-17)8-15-9-12(14)13(18)19-3/h6-7,11-12,15H,4-5,8-9H2,1-3H3. The highest BCUT2D eigenvalue weighted by Gasteiger charge is 2.14. The Hall–Kier alpha value is -0.630. The molecule has 1 heterocycles. The van der Waals surface area contributed by atoms with E-state index in [0.29, 0.717) is 19.1 Å². The van der Waals surface area contributed by atoms with Gasteiger partial charge in [0.25, 0.3) is 0 Å². The van der Waals surface area contributed by atoms with Crippen LogP contribution in [-0.4, -0.2) is 33.3 Å². The molecule has 1 aromatic heterocycles. The molecule has 1 rings (SSSR count). The molecule has 0 bridgehead atoms. The van der Waals surface area contributed by atoms with Crippen molar-refractivity contribution in [2.45, 2.75) is 43.2 Å². The van der Waals surface area contributed by atoms with Crippen molar-refractivity contribution >= 4 is 28.6 Å². The topological polar surface area (TPSA) is 56.2 Å². The predicted octanol–water partition coefficient (Wildman–Crippen LogP) is 2.31. The van der Waals surface area contributed by atoms with Crippen molar-refractivity contribution in [3.63, 3.8) is 0 Å². The molecule has 19 heavy (non-hydrogen) atoms. The summed E-state index contributed by atoms with van der Waals surface area (Å²) in [6.07, 6.45) is 4.20. The Morgan fingerprint density at radius 2 is 2.21 bits per heavy atom. The van der Waals surface area contributed by atoms with Gasteiger partial charge in [0.1, 0.15) is 3.92 Å². The van der Waals surface area contributed by atoms with Crippen molar-refractivity contribution in [1.29, 1.82) is 0 Å². The van der Waals surface area contributed by atoms with Gasteiger partial charge in [-0.25, -0.2) is 0 Å². The Balaban J connectivity index is 2.40. The fourth-order valence-electron chi connectivity index (χ4n) is 1.88. The van der Waals surface area contributed by atoms with Gasteiger partial charge in [-0.15, -0.1) is 0 Å². The Labute approximate surface area is 128 Å². The zero-order valence-electron chi connectivity index (χ0n) is 11.7. The average molecular weight is 379 g/mol. The van der Waals surface area contributed by atoms with Crippen molar-refractivity contribution in [3.05, 3.63) is 18.0 Å². The first-order valence-electron chi connectivity index (χ1n) is 6.59. The molecule has 0 radical (unpaired) electrons. The number of nitrogens with one attached hydrogen (secondary N) is 1. The summed E-state index contributed by atoms with van der Waals surface area (Å²) in [5, 5.41) is 7.77. The number of esters is 1. The van der Waals surface area contributed by atoms with E-state index in [0.717, 1.165) is 18.5 Å². The molecule has 0 saturated carbocycles. The molecular formula is C13H22IN3O2. The van der Waals surface area contributed by atoms with Gasteiger partial charge in [-0.1, -0.05) is 36.4 Å². The third-order valence-corrected chi connectivity index (χ3v) is 4.02. The van der Waals surface area contributed by atoms with E-state index in [1.807, 2.05) is 16.9 Å². The van der Waals surface area contributed by atoms with Crippen molar-refractivity contribution < 1.29 is 9.53 Å². The van der Waals surface area contributed by atoms with Crippen LogP contribution < -0.4 is 5.32 Å². The number of carbonyl (C=O) groups excluding carboxylic acids is 1. The van der Waals surface area contributed by atoms with Gasteiger partial charge in [-0.05, 0) is 18.9 Å². The first-order chi connectivity index (χ1) is 9.12. The summed E-state index contributed by atoms with van der Waals surface area (Å²) in [5.74, 6) is -0.198. The van der Waals surface area contributed by atoms with E-state index in [2.05, 4.69) is 51.6 Å². The molecule has 0 fully saturated rings. The van der Waals surface area contributed by atoms with Crippen LogP contribution in [0.15, 0.2) is 12.3 Å². The number of nitrogens with zero attached hydrogens (tertiary/aromatic N) is 2. The van der Waals surface area contributed by atoms with Crippen molar-refractivity contribution in [2.75, 3.05) is 13.7 Å². The van der Waals surface area contributed by atoms with E-state index in [-0.39, 0.29) is 9.89 Å². The van der Waals surface area contributed by atoms with Crippen molar-refractivity contribution in [2.24, 2.45) is 0 Å². The summed E-state index contributed by atoms with van der Waals surface area (Å²) < 4.78 is 6.54. The average Bonchev–Trinajstić information content (AvgIpc) is 2.88. The first kappa shape index (κ1) is 16.4. The Kier molecular flexibility index (Phi) is 7.37. The van der Waals surface area contributed by atoms with E-state index >= 15 is 0 Å². The minimum absolute atomic E-state index is 0.163. The minimum Gasteiger partial charge on any atom is -0.468 e. The van der Waals surface area contributed by atoms with Crippen LogP contribution in [0, 0.1) is 0 Å². The highest BCUT2D eigenvalue weighted by Crippen LogP contribution is 2.14. The third kappa shape index (κ3) is 5.10. The molecule has 0 aliphatic heterocycles. The molecule has 6 heteroatoms. The monoisotopic (exact) mass is 379 g/mol. The molecule has 0 aromatic carbocycles. The van der Waals surface area contributed by atoms with E-state index in [1.54, 1.807) is 0 Å². The van der Waals surface area contributed by atoms with E-state index in [4.69, 9.17) is 0 Å². The summed E-state index contributed by atoms with van der Waals surface area (Å²) in [5.41, 5.74) is 1.00. The van der Waals surface area contributed by atoms with Gasteiger partial charge in [0.05, 0.1) is 18.8 Å². The number of rotatable bonds is 8. The predicted molar refractivity (Wildman–Crippen MR) is 83.4 cm³/mol. The highest BCUT2D eigenvalue weighted by molar-refractivity contribution is 14.1. The quantitative estimate of drug-likeness (QED) is 0.428. The second kappa shape index (κ2) is 8.52. The number of methoxy groups -OCH3 is 1. The number of hydrogen-bond donors (Lipinski definition) is 1. The normalized spacial score (nSPS) is 12.7. The van der Waals surface area contributed by atoms with Crippen LogP contribution in [0.1, 0.15) is 38.4 Å². The maximum atomic E-state index is 11.2. The summed E-state index contributed by atoms with van der Waals surface area (Å²) >= 11 is 2.08. The smallest absolute Gasteiger partial charge is 0.319 e. The minimum atomic E-state index is -0.198. The molecule has 0 spiro atoms. The maximum Gasteiger partial charge on any atom is 0.319 e. The Bertz CT molecular complexity index is 391. The zero-order valence-corrected chi connectivity index (χ0v) is 13.9. The summed E-state index contributed by atoms with van der Waals surface area (Å²) in [7, 11) is 1.41. The van der Waals surface area contributed by atoms with Crippen LogP contribution in [-0.2, 0) is 16.1 Å².